The lowest BCUT2D eigenvalue weighted by molar-refractivity contribution is -0.115. The van der Waals surface area contributed by atoms with Crippen molar-refractivity contribution in [1.82, 2.24) is 15.2 Å². The van der Waals surface area contributed by atoms with Crippen LogP contribution in [0, 0.1) is 12.8 Å². The van der Waals surface area contributed by atoms with Crippen molar-refractivity contribution in [2.75, 3.05) is 25.0 Å². The number of nitrogens with zero attached hydrogens (tertiary/aromatic N) is 2. The van der Waals surface area contributed by atoms with Crippen molar-refractivity contribution in [3.63, 3.8) is 0 Å². The van der Waals surface area contributed by atoms with Gasteiger partial charge < -0.3 is 10.6 Å². The third-order valence-electron chi connectivity index (χ3n) is 4.78. The van der Waals surface area contributed by atoms with Gasteiger partial charge in [-0.05, 0) is 50.9 Å². The fraction of sp³-hybridized carbons (Fsp3) is 0.450. The molecule has 2 heterocycles. The molecule has 1 aliphatic heterocycles. The van der Waals surface area contributed by atoms with Crippen molar-refractivity contribution in [2.24, 2.45) is 5.92 Å². The zero-order valence-corrected chi connectivity index (χ0v) is 16.6. The van der Waals surface area contributed by atoms with Crippen LogP contribution in [0.15, 0.2) is 29.6 Å². The Morgan fingerprint density at radius 3 is 2.63 bits per heavy atom. The Morgan fingerprint density at radius 1 is 1.22 bits per heavy atom. The van der Waals surface area contributed by atoms with E-state index in [1.165, 1.54) is 24.2 Å². The number of carbonyl (C=O) groups excluding carboxylic acids is 2. The number of aromatic nitrogens is 1. The van der Waals surface area contributed by atoms with Crippen LogP contribution in [-0.2, 0) is 11.3 Å². The third kappa shape index (κ3) is 5.87. The molecule has 1 aromatic heterocycles. The van der Waals surface area contributed by atoms with Gasteiger partial charge in [-0.2, -0.15) is 0 Å². The Labute approximate surface area is 164 Å². The Bertz CT molecular complexity index is 780. The maximum absolute atomic E-state index is 12.1. The first-order valence-corrected chi connectivity index (χ1v) is 10.2. The van der Waals surface area contributed by atoms with Gasteiger partial charge in [-0.1, -0.05) is 24.6 Å². The number of rotatable bonds is 6. The van der Waals surface area contributed by atoms with Gasteiger partial charge in [0.1, 0.15) is 0 Å². The summed E-state index contributed by atoms with van der Waals surface area (Å²) in [5, 5.41) is 7.95. The first-order chi connectivity index (χ1) is 13.0. The molecule has 0 unspecified atom stereocenters. The highest BCUT2D eigenvalue weighted by molar-refractivity contribution is 7.13. The normalized spacial score (nSPS) is 15.5. The molecule has 1 fully saturated rings. The van der Waals surface area contributed by atoms with Gasteiger partial charge in [0.05, 0.1) is 12.2 Å². The van der Waals surface area contributed by atoms with Crippen LogP contribution < -0.4 is 10.6 Å². The molecule has 0 spiro atoms. The molecule has 144 valence electrons. The average molecular weight is 387 g/mol. The molecule has 2 N–H and O–H groups in total. The molecule has 2 amide bonds. The van der Waals surface area contributed by atoms with E-state index in [1.54, 1.807) is 12.1 Å². The van der Waals surface area contributed by atoms with E-state index in [9.17, 15) is 9.59 Å². The first kappa shape index (κ1) is 19.5. The van der Waals surface area contributed by atoms with Crippen molar-refractivity contribution < 1.29 is 9.59 Å². The Hall–Kier alpha value is -2.25. The molecular formula is C20H26N4O2S. The zero-order chi connectivity index (χ0) is 19.2. The van der Waals surface area contributed by atoms with E-state index in [-0.39, 0.29) is 18.4 Å². The van der Waals surface area contributed by atoms with Crippen LogP contribution in [0.1, 0.15) is 41.4 Å². The molecule has 7 heteroatoms. The third-order valence-corrected chi connectivity index (χ3v) is 5.59. The first-order valence-electron chi connectivity index (χ1n) is 9.31. The monoisotopic (exact) mass is 386 g/mol. The zero-order valence-electron chi connectivity index (χ0n) is 15.8. The van der Waals surface area contributed by atoms with Crippen LogP contribution in [0.4, 0.5) is 5.13 Å². The Balaban J connectivity index is 1.43. The molecule has 0 aliphatic carbocycles. The summed E-state index contributed by atoms with van der Waals surface area (Å²) in [5.74, 6) is 0.272. The fourth-order valence-corrected chi connectivity index (χ4v) is 3.73. The lowest BCUT2D eigenvalue weighted by Gasteiger charge is -2.29. The Morgan fingerprint density at radius 2 is 1.93 bits per heavy atom. The molecule has 27 heavy (non-hydrogen) atoms. The lowest BCUT2D eigenvalue weighted by atomic mass is 9.99. The summed E-state index contributed by atoms with van der Waals surface area (Å²) in [6.45, 7) is 7.21. The topological polar surface area (TPSA) is 74.3 Å². The highest BCUT2D eigenvalue weighted by Crippen LogP contribution is 2.20. The van der Waals surface area contributed by atoms with E-state index >= 15 is 0 Å². The van der Waals surface area contributed by atoms with Crippen molar-refractivity contribution in [3.05, 3.63) is 46.5 Å². The Kier molecular flexibility index (Phi) is 6.58. The molecule has 0 radical (unpaired) electrons. The number of thiazole rings is 1. The summed E-state index contributed by atoms with van der Waals surface area (Å²) < 4.78 is 0. The minimum Gasteiger partial charge on any atom is -0.343 e. The highest BCUT2D eigenvalue weighted by atomic mass is 32.1. The number of likely N-dealkylation sites (tertiary alicyclic amines) is 1. The van der Waals surface area contributed by atoms with Gasteiger partial charge >= 0.3 is 0 Å². The van der Waals surface area contributed by atoms with Crippen LogP contribution in [0.5, 0.6) is 0 Å². The molecular weight excluding hydrogens is 360 g/mol. The van der Waals surface area contributed by atoms with Crippen molar-refractivity contribution in [2.45, 2.75) is 33.2 Å². The average Bonchev–Trinajstić information content (AvgIpc) is 3.09. The van der Waals surface area contributed by atoms with E-state index < -0.39 is 0 Å². The van der Waals surface area contributed by atoms with Crippen LogP contribution in [0.3, 0.4) is 0 Å². The highest BCUT2D eigenvalue weighted by Gasteiger charge is 2.17. The van der Waals surface area contributed by atoms with Crippen LogP contribution >= 0.6 is 11.3 Å². The maximum atomic E-state index is 12.1. The second kappa shape index (κ2) is 9.10. The molecule has 0 atom stereocenters. The van der Waals surface area contributed by atoms with Gasteiger partial charge in [0.2, 0.25) is 5.91 Å². The smallest absolute Gasteiger partial charge is 0.251 e. The molecule has 1 saturated heterocycles. The van der Waals surface area contributed by atoms with Gasteiger partial charge in [0.15, 0.2) is 5.13 Å². The van der Waals surface area contributed by atoms with Crippen LogP contribution in [0.25, 0.3) is 0 Å². The number of aryl methyl sites for hydroxylation is 1. The van der Waals surface area contributed by atoms with Crippen LogP contribution in [-0.4, -0.2) is 41.3 Å². The molecule has 2 aromatic rings. The summed E-state index contributed by atoms with van der Waals surface area (Å²) in [6, 6.07) is 7.23. The number of amides is 2. The standard InChI is InChI=1S/C20H26N4O2S/c1-14-3-5-16(6-4-14)19(26)21-11-18(25)23-20-22-17(13-27-20)12-24-9-7-15(2)8-10-24/h3-6,13,15H,7-12H2,1-2H3,(H,21,26)(H,22,23,25). The maximum Gasteiger partial charge on any atom is 0.251 e. The van der Waals surface area contributed by atoms with E-state index in [4.69, 9.17) is 0 Å². The van der Waals surface area contributed by atoms with Gasteiger partial charge in [0, 0.05) is 17.5 Å². The number of piperidine rings is 1. The predicted molar refractivity (Wildman–Crippen MR) is 108 cm³/mol. The number of benzene rings is 1. The van der Waals surface area contributed by atoms with Crippen molar-refractivity contribution in [3.8, 4) is 0 Å². The second-order valence-electron chi connectivity index (χ2n) is 7.20. The van der Waals surface area contributed by atoms with E-state index in [2.05, 4.69) is 27.4 Å². The molecule has 0 bridgehead atoms. The summed E-state index contributed by atoms with van der Waals surface area (Å²) in [6.07, 6.45) is 2.46. The summed E-state index contributed by atoms with van der Waals surface area (Å²) in [5.41, 5.74) is 2.61. The largest absolute Gasteiger partial charge is 0.343 e. The van der Waals surface area contributed by atoms with Gasteiger partial charge in [-0.3, -0.25) is 14.5 Å². The molecule has 0 saturated carbocycles. The van der Waals surface area contributed by atoms with E-state index in [0.717, 1.165) is 36.8 Å². The number of nitrogens with one attached hydrogen (secondary N) is 2. The fourth-order valence-electron chi connectivity index (χ4n) is 3.02. The number of anilines is 1. The molecule has 1 aliphatic rings. The minimum atomic E-state index is -0.275. The molecule has 3 rings (SSSR count). The summed E-state index contributed by atoms with van der Waals surface area (Å²) >= 11 is 1.42. The van der Waals surface area contributed by atoms with Crippen molar-refractivity contribution >= 4 is 28.3 Å². The quantitative estimate of drug-likeness (QED) is 0.800. The van der Waals surface area contributed by atoms with Gasteiger partial charge in [0.25, 0.3) is 5.91 Å². The van der Waals surface area contributed by atoms with Gasteiger partial charge in [-0.25, -0.2) is 4.98 Å². The van der Waals surface area contributed by atoms with E-state index in [1.807, 2.05) is 24.4 Å². The number of hydrogen-bond donors (Lipinski definition) is 2. The second-order valence-corrected chi connectivity index (χ2v) is 8.06. The summed E-state index contributed by atoms with van der Waals surface area (Å²) in [4.78, 5) is 31.0. The number of hydrogen-bond acceptors (Lipinski definition) is 5. The van der Waals surface area contributed by atoms with E-state index in [0.29, 0.717) is 10.7 Å². The van der Waals surface area contributed by atoms with Crippen LogP contribution in [0.2, 0.25) is 0 Å². The van der Waals surface area contributed by atoms with Crippen molar-refractivity contribution in [1.29, 1.82) is 0 Å². The molecule has 6 nitrogen and oxygen atoms in total. The lowest BCUT2D eigenvalue weighted by Crippen LogP contribution is -2.33. The SMILES string of the molecule is Cc1ccc(C(=O)NCC(=O)Nc2nc(CN3CCC(C)CC3)cs2)cc1. The number of carbonyl (C=O) groups is 2. The summed E-state index contributed by atoms with van der Waals surface area (Å²) in [7, 11) is 0. The predicted octanol–water partition coefficient (Wildman–Crippen LogP) is 3.05. The van der Waals surface area contributed by atoms with Gasteiger partial charge in [-0.15, -0.1) is 11.3 Å². The minimum absolute atomic E-state index is 0.0777. The molecule has 1 aromatic carbocycles.